The number of nitrogens with zero attached hydrogens (tertiary/aromatic N) is 1. The molecule has 30 heavy (non-hydrogen) atoms. The molecule has 0 amide bonds. The molecule has 5 rings (SSSR count). The fourth-order valence-corrected chi connectivity index (χ4v) is 6.90. The van der Waals surface area contributed by atoms with Crippen LogP contribution in [0.1, 0.15) is 56.1 Å². The van der Waals surface area contributed by atoms with Gasteiger partial charge in [0.25, 0.3) is 10.0 Å². The van der Waals surface area contributed by atoms with E-state index < -0.39 is 10.0 Å². The number of fused-ring (bicyclic) bond motifs is 1. The molecule has 4 nitrogen and oxygen atoms in total. The molecule has 2 heterocycles. The third-order valence-corrected chi connectivity index (χ3v) is 9.40. The number of rotatable bonds is 6. The van der Waals surface area contributed by atoms with E-state index >= 15 is 0 Å². The highest BCUT2D eigenvalue weighted by molar-refractivity contribution is 7.92. The fraction of sp³-hybridized carbons (Fsp3) is 0.520. The summed E-state index contributed by atoms with van der Waals surface area (Å²) in [6, 6.07) is 15.3. The van der Waals surface area contributed by atoms with Gasteiger partial charge >= 0.3 is 0 Å². The minimum absolute atomic E-state index is 0.371. The van der Waals surface area contributed by atoms with Crippen LogP contribution in [0.5, 0.6) is 0 Å². The van der Waals surface area contributed by atoms with E-state index in [1.807, 2.05) is 12.1 Å². The molecule has 2 aromatic carbocycles. The first-order valence-electron chi connectivity index (χ1n) is 11.4. The molecule has 0 aromatic heterocycles. The molecule has 3 aliphatic rings. The lowest BCUT2D eigenvalue weighted by Crippen LogP contribution is -2.34. The zero-order chi connectivity index (χ0) is 20.8. The van der Waals surface area contributed by atoms with Gasteiger partial charge in [0.2, 0.25) is 0 Å². The Kier molecular flexibility index (Phi) is 5.14. The van der Waals surface area contributed by atoms with Gasteiger partial charge in [0.1, 0.15) is 0 Å². The number of hydrogen-bond donors (Lipinski definition) is 1. The Balaban J connectivity index is 1.26. The van der Waals surface area contributed by atoms with Crippen LogP contribution in [0, 0.1) is 11.3 Å². The first-order chi connectivity index (χ1) is 14.5. The van der Waals surface area contributed by atoms with Crippen molar-refractivity contribution in [1.82, 2.24) is 5.32 Å². The van der Waals surface area contributed by atoms with E-state index in [2.05, 4.69) is 24.4 Å². The maximum absolute atomic E-state index is 13.1. The Morgan fingerprint density at radius 2 is 1.87 bits per heavy atom. The van der Waals surface area contributed by atoms with E-state index in [1.165, 1.54) is 43.2 Å². The zero-order valence-corrected chi connectivity index (χ0v) is 18.6. The van der Waals surface area contributed by atoms with Crippen LogP contribution in [0.15, 0.2) is 53.4 Å². The highest BCUT2D eigenvalue weighted by Gasteiger charge is 2.40. The molecule has 2 aromatic rings. The van der Waals surface area contributed by atoms with Crippen LogP contribution in [0.2, 0.25) is 0 Å². The molecule has 0 radical (unpaired) electrons. The largest absolute Gasteiger partial charge is 0.317 e. The molecule has 2 atom stereocenters. The lowest BCUT2D eigenvalue weighted by atomic mass is 9.76. The summed E-state index contributed by atoms with van der Waals surface area (Å²) in [5.74, 6) is 1.47. The Morgan fingerprint density at radius 1 is 1.10 bits per heavy atom. The highest BCUT2D eigenvalue weighted by Crippen LogP contribution is 2.53. The Labute approximate surface area is 180 Å². The van der Waals surface area contributed by atoms with Gasteiger partial charge in [-0.3, -0.25) is 4.31 Å². The SMILES string of the molecule is CC1(CCC2CC2c2ccc3c(c2)CCN3S(=O)(=O)c2ccccc2)CCNCC1. The van der Waals surface area contributed by atoms with Crippen LogP contribution < -0.4 is 9.62 Å². The monoisotopic (exact) mass is 424 g/mol. The van der Waals surface area contributed by atoms with Crippen LogP contribution in [-0.4, -0.2) is 28.1 Å². The quantitative estimate of drug-likeness (QED) is 0.730. The first-order valence-corrected chi connectivity index (χ1v) is 12.8. The summed E-state index contributed by atoms with van der Waals surface area (Å²) in [6.45, 7) is 5.33. The number of nitrogens with one attached hydrogen (secondary N) is 1. The van der Waals surface area contributed by atoms with Crippen molar-refractivity contribution in [2.45, 2.75) is 56.3 Å². The standard InChI is InChI=1S/C25H32N2O2S/c1-25(12-14-26-15-13-25)11-9-20-18-23(20)19-7-8-24-21(17-19)10-16-27(24)30(28,29)22-5-3-2-4-6-22/h2-8,17,20,23,26H,9-16,18H2,1H3. The number of hydrogen-bond acceptors (Lipinski definition) is 3. The van der Waals surface area contributed by atoms with Crippen LogP contribution in [0.25, 0.3) is 0 Å². The Hall–Kier alpha value is -1.85. The van der Waals surface area contributed by atoms with E-state index in [0.717, 1.165) is 31.1 Å². The van der Waals surface area contributed by atoms with Gasteiger partial charge < -0.3 is 5.32 Å². The molecule has 0 bridgehead atoms. The summed E-state index contributed by atoms with van der Waals surface area (Å²) < 4.78 is 27.7. The lowest BCUT2D eigenvalue weighted by Gasteiger charge is -2.34. The highest BCUT2D eigenvalue weighted by atomic mass is 32.2. The van der Waals surface area contributed by atoms with E-state index in [1.54, 1.807) is 28.6 Å². The van der Waals surface area contributed by atoms with E-state index in [4.69, 9.17) is 0 Å². The first kappa shape index (κ1) is 20.1. The van der Waals surface area contributed by atoms with Gasteiger partial charge in [-0.25, -0.2) is 8.42 Å². The molecule has 1 aliphatic carbocycles. The van der Waals surface area contributed by atoms with Crippen molar-refractivity contribution in [1.29, 1.82) is 0 Å². The summed E-state index contributed by atoms with van der Waals surface area (Å²) in [4.78, 5) is 0.371. The van der Waals surface area contributed by atoms with E-state index in [9.17, 15) is 8.42 Å². The number of sulfonamides is 1. The average Bonchev–Trinajstić information content (AvgIpc) is 3.42. The molecule has 160 valence electrons. The molecular weight excluding hydrogens is 392 g/mol. The molecular formula is C25H32N2O2S. The summed E-state index contributed by atoms with van der Waals surface area (Å²) in [6.07, 6.45) is 7.36. The van der Waals surface area contributed by atoms with Gasteiger partial charge in [0.15, 0.2) is 0 Å². The van der Waals surface area contributed by atoms with Gasteiger partial charge in [0.05, 0.1) is 10.6 Å². The number of piperidine rings is 1. The van der Waals surface area contributed by atoms with E-state index in [0.29, 0.717) is 22.8 Å². The van der Waals surface area contributed by atoms with Crippen LogP contribution in [0.4, 0.5) is 5.69 Å². The maximum atomic E-state index is 13.1. The van der Waals surface area contributed by atoms with Gasteiger partial charge in [-0.15, -0.1) is 0 Å². The van der Waals surface area contributed by atoms with Crippen LogP contribution >= 0.6 is 0 Å². The van der Waals surface area contributed by atoms with Gasteiger partial charge in [0, 0.05) is 6.54 Å². The van der Waals surface area contributed by atoms with Gasteiger partial charge in [-0.2, -0.15) is 0 Å². The zero-order valence-electron chi connectivity index (χ0n) is 17.8. The van der Waals surface area contributed by atoms with Crippen molar-refractivity contribution in [2.75, 3.05) is 23.9 Å². The molecule has 2 fully saturated rings. The normalized spacial score (nSPS) is 25.2. The van der Waals surface area contributed by atoms with Crippen molar-refractivity contribution >= 4 is 15.7 Å². The third kappa shape index (κ3) is 3.78. The second-order valence-electron chi connectivity index (χ2n) is 9.73. The van der Waals surface area contributed by atoms with Crippen molar-refractivity contribution in [3.05, 3.63) is 59.7 Å². The summed E-state index contributed by atoms with van der Waals surface area (Å²) in [5, 5.41) is 3.48. The number of anilines is 1. The topological polar surface area (TPSA) is 49.4 Å². The van der Waals surface area contributed by atoms with Gasteiger partial charge in [-0.1, -0.05) is 37.3 Å². The summed E-state index contributed by atoms with van der Waals surface area (Å²) >= 11 is 0. The van der Waals surface area contributed by atoms with Crippen molar-refractivity contribution in [3.8, 4) is 0 Å². The van der Waals surface area contributed by atoms with Gasteiger partial charge in [-0.05, 0) is 98.2 Å². The third-order valence-electron chi connectivity index (χ3n) is 7.57. The minimum Gasteiger partial charge on any atom is -0.317 e. The molecule has 2 unspecified atom stereocenters. The smallest absolute Gasteiger partial charge is 0.264 e. The van der Waals surface area contributed by atoms with Crippen molar-refractivity contribution < 1.29 is 8.42 Å². The van der Waals surface area contributed by atoms with Crippen LogP contribution in [-0.2, 0) is 16.4 Å². The van der Waals surface area contributed by atoms with Crippen molar-refractivity contribution in [2.24, 2.45) is 11.3 Å². The molecule has 5 heteroatoms. The summed E-state index contributed by atoms with van der Waals surface area (Å²) in [5.41, 5.74) is 3.97. The van der Waals surface area contributed by atoms with Crippen LogP contribution in [0.3, 0.4) is 0 Å². The number of benzene rings is 2. The predicted molar refractivity (Wildman–Crippen MR) is 121 cm³/mol. The second kappa shape index (κ2) is 7.69. The molecule has 1 saturated carbocycles. The fourth-order valence-electron chi connectivity index (χ4n) is 5.38. The average molecular weight is 425 g/mol. The van der Waals surface area contributed by atoms with E-state index in [-0.39, 0.29) is 0 Å². The lowest BCUT2D eigenvalue weighted by molar-refractivity contribution is 0.203. The second-order valence-corrected chi connectivity index (χ2v) is 11.6. The maximum Gasteiger partial charge on any atom is 0.264 e. The Morgan fingerprint density at radius 3 is 2.63 bits per heavy atom. The minimum atomic E-state index is -3.48. The molecule has 0 spiro atoms. The summed E-state index contributed by atoms with van der Waals surface area (Å²) in [7, 11) is -3.48. The predicted octanol–water partition coefficient (Wildman–Crippen LogP) is 4.71. The van der Waals surface area contributed by atoms with Crippen molar-refractivity contribution in [3.63, 3.8) is 0 Å². The molecule has 1 saturated heterocycles. The Bertz CT molecular complexity index is 1010. The molecule has 2 aliphatic heterocycles. The molecule has 1 N–H and O–H groups in total.